The number of hydrogen-bond acceptors (Lipinski definition) is 3. The molecule has 4 aliphatic rings. The molecular formula is C21H23N3O2. The third-order valence-electron chi connectivity index (χ3n) is 7.63. The van der Waals surface area contributed by atoms with Crippen LogP contribution < -0.4 is 0 Å². The molecule has 0 radical (unpaired) electrons. The van der Waals surface area contributed by atoms with Gasteiger partial charge in [-0.3, -0.25) is 9.59 Å². The second-order valence-electron chi connectivity index (χ2n) is 8.51. The smallest absolute Gasteiger partial charge is 0.178 e. The van der Waals surface area contributed by atoms with E-state index in [1.807, 2.05) is 6.08 Å². The van der Waals surface area contributed by atoms with Gasteiger partial charge in [0.25, 0.3) is 0 Å². The fourth-order valence-electron chi connectivity index (χ4n) is 6.45. The second kappa shape index (κ2) is 5.86. The average molecular weight is 349 g/mol. The Morgan fingerprint density at radius 2 is 2.19 bits per heavy atom. The fourth-order valence-corrected chi connectivity index (χ4v) is 6.45. The van der Waals surface area contributed by atoms with Crippen LogP contribution in [0.2, 0.25) is 0 Å². The van der Waals surface area contributed by atoms with E-state index in [1.165, 1.54) is 0 Å². The van der Waals surface area contributed by atoms with Gasteiger partial charge < -0.3 is 0 Å². The molecule has 0 aliphatic heterocycles. The highest BCUT2D eigenvalue weighted by molar-refractivity contribution is 6.01. The number of allylic oxidation sites excluding steroid dienone is 3. The standard InChI is InChI=1S/C21H23N3O2/c1-3-8-21-10-6-13(25)11-17(21)18(23-24-22)12-14-15-4-5-19(26)20(15,2)9-7-16(14)21/h1,6,10-11,14-16,18H,4-5,7-9,12H2,2H3/t14-,15-,16-,18-,20-,21+/m0/s1. The number of nitrogens with zero attached hydrogens (tertiary/aromatic N) is 3. The number of fused-ring (bicyclic) bond motifs is 5. The van der Waals surface area contributed by atoms with Crippen LogP contribution in [-0.4, -0.2) is 17.6 Å². The first kappa shape index (κ1) is 17.1. The maximum absolute atomic E-state index is 12.6. The Labute approximate surface area is 153 Å². The number of carbonyl (C=O) groups is 2. The van der Waals surface area contributed by atoms with Gasteiger partial charge in [0.15, 0.2) is 5.78 Å². The van der Waals surface area contributed by atoms with Gasteiger partial charge in [-0.1, -0.05) is 18.1 Å². The van der Waals surface area contributed by atoms with Crippen molar-refractivity contribution in [3.8, 4) is 12.3 Å². The van der Waals surface area contributed by atoms with Gasteiger partial charge in [-0.25, -0.2) is 0 Å². The van der Waals surface area contributed by atoms with E-state index in [2.05, 4.69) is 22.9 Å². The van der Waals surface area contributed by atoms with Crippen LogP contribution in [-0.2, 0) is 9.59 Å². The summed E-state index contributed by atoms with van der Waals surface area (Å²) in [5, 5.41) is 4.05. The highest BCUT2D eigenvalue weighted by Crippen LogP contribution is 2.64. The molecule has 0 heterocycles. The first-order valence-corrected chi connectivity index (χ1v) is 9.42. The molecular weight excluding hydrogens is 326 g/mol. The summed E-state index contributed by atoms with van der Waals surface area (Å²) in [6.45, 7) is 2.12. The van der Waals surface area contributed by atoms with Crippen LogP contribution in [0.4, 0.5) is 0 Å². The van der Waals surface area contributed by atoms with Crippen LogP contribution in [0.15, 0.2) is 28.9 Å². The van der Waals surface area contributed by atoms with Crippen molar-refractivity contribution in [3.63, 3.8) is 0 Å². The number of carbonyl (C=O) groups excluding carboxylic acids is 2. The number of azide groups is 1. The van der Waals surface area contributed by atoms with Gasteiger partial charge in [-0.15, -0.1) is 12.3 Å². The Kier molecular flexibility index (Phi) is 3.86. The summed E-state index contributed by atoms with van der Waals surface area (Å²) < 4.78 is 0. The maximum atomic E-state index is 12.6. The van der Waals surface area contributed by atoms with E-state index in [0.717, 1.165) is 24.8 Å². The molecule has 0 aromatic carbocycles. The summed E-state index contributed by atoms with van der Waals surface area (Å²) >= 11 is 0. The molecule has 134 valence electrons. The lowest BCUT2D eigenvalue weighted by atomic mass is 9.46. The molecule has 0 bridgehead atoms. The Balaban J connectivity index is 1.84. The van der Waals surface area contributed by atoms with E-state index in [9.17, 15) is 9.59 Å². The largest absolute Gasteiger partial charge is 0.299 e. The van der Waals surface area contributed by atoms with Gasteiger partial charge >= 0.3 is 0 Å². The molecule has 4 aliphatic carbocycles. The van der Waals surface area contributed by atoms with E-state index in [1.54, 1.807) is 12.2 Å². The number of Topliss-reactive ketones (excluding diaryl/α,β-unsaturated/α-hetero) is 1. The third kappa shape index (κ3) is 2.15. The van der Waals surface area contributed by atoms with Crippen molar-refractivity contribution in [2.45, 2.75) is 51.5 Å². The zero-order valence-corrected chi connectivity index (χ0v) is 15.0. The molecule has 0 amide bonds. The molecule has 6 atom stereocenters. The van der Waals surface area contributed by atoms with E-state index >= 15 is 0 Å². The minimum atomic E-state index is -0.419. The summed E-state index contributed by atoms with van der Waals surface area (Å²) in [6.07, 6.45) is 15.5. The molecule has 0 saturated heterocycles. The molecule has 26 heavy (non-hydrogen) atoms. The number of rotatable bonds is 2. The van der Waals surface area contributed by atoms with Gasteiger partial charge in [-0.05, 0) is 66.7 Å². The van der Waals surface area contributed by atoms with Crippen LogP contribution in [0.1, 0.15) is 45.4 Å². The zero-order valence-electron chi connectivity index (χ0n) is 15.0. The normalized spacial score (nSPS) is 43.5. The molecule has 0 aromatic rings. The van der Waals surface area contributed by atoms with E-state index in [4.69, 9.17) is 12.0 Å². The van der Waals surface area contributed by atoms with Crippen LogP contribution in [0.3, 0.4) is 0 Å². The summed E-state index contributed by atoms with van der Waals surface area (Å²) in [6, 6.07) is -0.360. The molecule has 0 spiro atoms. The Morgan fingerprint density at radius 1 is 1.38 bits per heavy atom. The van der Waals surface area contributed by atoms with Crippen LogP contribution >= 0.6 is 0 Å². The van der Waals surface area contributed by atoms with Crippen LogP contribution in [0.25, 0.3) is 10.4 Å². The van der Waals surface area contributed by atoms with Crippen LogP contribution in [0, 0.1) is 40.9 Å². The van der Waals surface area contributed by atoms with E-state index in [0.29, 0.717) is 42.8 Å². The summed E-state index contributed by atoms with van der Waals surface area (Å²) in [5.41, 5.74) is 9.31. The second-order valence-corrected chi connectivity index (χ2v) is 8.51. The van der Waals surface area contributed by atoms with Crippen molar-refractivity contribution in [2.75, 3.05) is 0 Å². The number of terminal acetylenes is 1. The highest BCUT2D eigenvalue weighted by Gasteiger charge is 2.61. The van der Waals surface area contributed by atoms with Crippen molar-refractivity contribution < 1.29 is 9.59 Å². The molecule has 3 saturated carbocycles. The highest BCUT2D eigenvalue weighted by atomic mass is 16.1. The lowest BCUT2D eigenvalue weighted by Gasteiger charge is -2.57. The monoisotopic (exact) mass is 349 g/mol. The van der Waals surface area contributed by atoms with Gasteiger partial charge in [0.2, 0.25) is 0 Å². The summed E-state index contributed by atoms with van der Waals surface area (Å²) in [4.78, 5) is 27.7. The van der Waals surface area contributed by atoms with E-state index in [-0.39, 0.29) is 17.2 Å². The molecule has 5 heteroatoms. The van der Waals surface area contributed by atoms with Crippen molar-refractivity contribution in [2.24, 2.45) is 33.7 Å². The predicted octanol–water partition coefficient (Wildman–Crippen LogP) is 4.16. The molecule has 0 unspecified atom stereocenters. The maximum Gasteiger partial charge on any atom is 0.178 e. The van der Waals surface area contributed by atoms with Gasteiger partial charge in [0.1, 0.15) is 5.78 Å². The van der Waals surface area contributed by atoms with Crippen molar-refractivity contribution in [3.05, 3.63) is 34.2 Å². The SMILES string of the molecule is C#CC[C@]12C=CC(=O)C=C1[C@@H](N=[N+]=[N-])C[C@H]1[C@@H]3CCC(=O)[C@@]3(C)CC[C@@H]12. The first-order chi connectivity index (χ1) is 12.5. The predicted molar refractivity (Wildman–Crippen MR) is 97.7 cm³/mol. The van der Waals surface area contributed by atoms with Gasteiger partial charge in [0.05, 0.1) is 6.04 Å². The summed E-state index contributed by atoms with van der Waals surface area (Å²) in [5.74, 6) is 4.02. The Morgan fingerprint density at radius 3 is 2.92 bits per heavy atom. The number of ketones is 2. The summed E-state index contributed by atoms with van der Waals surface area (Å²) in [7, 11) is 0. The zero-order chi connectivity index (χ0) is 18.5. The Hall–Kier alpha value is -2.31. The van der Waals surface area contributed by atoms with Crippen LogP contribution in [0.5, 0.6) is 0 Å². The molecule has 0 aromatic heterocycles. The fraction of sp³-hybridized carbons (Fsp3) is 0.619. The molecule has 0 N–H and O–H groups in total. The van der Waals surface area contributed by atoms with E-state index < -0.39 is 5.41 Å². The topological polar surface area (TPSA) is 82.9 Å². The minimum Gasteiger partial charge on any atom is -0.299 e. The lowest BCUT2D eigenvalue weighted by Crippen LogP contribution is -2.53. The Bertz CT molecular complexity index is 829. The lowest BCUT2D eigenvalue weighted by molar-refractivity contribution is -0.131. The molecule has 4 rings (SSSR count). The van der Waals surface area contributed by atoms with Crippen molar-refractivity contribution >= 4 is 11.6 Å². The number of hydrogen-bond donors (Lipinski definition) is 0. The first-order valence-electron chi connectivity index (χ1n) is 9.42. The minimum absolute atomic E-state index is 0.0686. The third-order valence-corrected chi connectivity index (χ3v) is 7.63. The average Bonchev–Trinajstić information content (AvgIpc) is 2.92. The van der Waals surface area contributed by atoms with Gasteiger partial charge in [0, 0.05) is 28.6 Å². The van der Waals surface area contributed by atoms with Crippen molar-refractivity contribution in [1.29, 1.82) is 0 Å². The van der Waals surface area contributed by atoms with Gasteiger partial charge in [-0.2, -0.15) is 0 Å². The van der Waals surface area contributed by atoms with Crippen molar-refractivity contribution in [1.82, 2.24) is 0 Å². The molecule has 3 fully saturated rings. The molecule has 5 nitrogen and oxygen atoms in total. The quantitative estimate of drug-likeness (QED) is 0.325.